The molecule has 2 N–H and O–H groups in total. The number of nitrogens with one attached hydrogen (secondary N) is 2. The topological polar surface area (TPSA) is 118 Å². The fourth-order valence-corrected chi connectivity index (χ4v) is 2.63. The number of benzene rings is 1. The number of hydrogen-bond donors (Lipinski definition) is 2. The number of amides is 2. The summed E-state index contributed by atoms with van der Waals surface area (Å²) in [5.74, 6) is -1.28. The van der Waals surface area contributed by atoms with Crippen molar-refractivity contribution in [2.75, 3.05) is 7.11 Å². The summed E-state index contributed by atoms with van der Waals surface area (Å²) < 4.78 is 9.92. The Balaban J connectivity index is 2.64. The number of nitrogens with zero attached hydrogens (tertiary/aromatic N) is 1. The molecule has 0 aliphatic carbocycles. The highest BCUT2D eigenvalue weighted by Gasteiger charge is 2.29. The Hall–Kier alpha value is -3.08. The molecule has 0 bridgehead atoms. The van der Waals surface area contributed by atoms with Crippen molar-refractivity contribution >= 4 is 18.0 Å². The molecule has 0 aromatic heterocycles. The summed E-state index contributed by atoms with van der Waals surface area (Å²) in [6.45, 7) is 3.65. The van der Waals surface area contributed by atoms with E-state index >= 15 is 0 Å². The van der Waals surface area contributed by atoms with Crippen molar-refractivity contribution in [1.29, 1.82) is 5.26 Å². The Morgan fingerprint density at radius 3 is 2.38 bits per heavy atom. The summed E-state index contributed by atoms with van der Waals surface area (Å²) in [7, 11) is 1.25. The van der Waals surface area contributed by atoms with Gasteiger partial charge in [0.2, 0.25) is 5.91 Å². The Bertz CT molecular complexity index is 700. The molecule has 0 heterocycles. The van der Waals surface area contributed by atoms with E-state index in [0.717, 1.165) is 5.56 Å². The average Bonchev–Trinajstić information content (AvgIpc) is 2.72. The maximum absolute atomic E-state index is 12.7. The molecule has 0 aliphatic rings. The minimum Gasteiger partial charge on any atom is -0.467 e. The van der Waals surface area contributed by atoms with Crippen LogP contribution in [-0.2, 0) is 25.7 Å². The number of nitriles is 1. The standard InChI is InChI=1S/C21H29N3O5/c1-15(2)18(24-21(27)29-14-16-10-6-4-7-11-16)19(25)23-17(20(26)28-3)12-8-5-9-13-22/h4,6-7,10-11,15,17-18H,5,8-9,12,14H2,1-3H3,(H,23,25)(H,24,27)/t17-,18+/m1/s1. The highest BCUT2D eigenvalue weighted by atomic mass is 16.5. The van der Waals surface area contributed by atoms with E-state index in [1.54, 1.807) is 13.8 Å². The van der Waals surface area contributed by atoms with E-state index in [4.69, 9.17) is 14.7 Å². The first-order valence-electron chi connectivity index (χ1n) is 9.61. The third-order valence-corrected chi connectivity index (χ3v) is 4.27. The van der Waals surface area contributed by atoms with Gasteiger partial charge in [-0.15, -0.1) is 0 Å². The maximum Gasteiger partial charge on any atom is 0.408 e. The molecule has 0 radical (unpaired) electrons. The van der Waals surface area contributed by atoms with Crippen LogP contribution in [0, 0.1) is 17.2 Å². The van der Waals surface area contributed by atoms with Gasteiger partial charge >= 0.3 is 12.1 Å². The highest BCUT2D eigenvalue weighted by Crippen LogP contribution is 2.09. The molecule has 29 heavy (non-hydrogen) atoms. The fourth-order valence-electron chi connectivity index (χ4n) is 2.63. The van der Waals surface area contributed by atoms with Crippen LogP contribution in [0.2, 0.25) is 0 Å². The van der Waals surface area contributed by atoms with E-state index < -0.39 is 30.1 Å². The summed E-state index contributed by atoms with van der Waals surface area (Å²) >= 11 is 0. The lowest BCUT2D eigenvalue weighted by Gasteiger charge is -2.24. The first-order chi connectivity index (χ1) is 13.9. The van der Waals surface area contributed by atoms with Crippen molar-refractivity contribution in [3.8, 4) is 6.07 Å². The summed E-state index contributed by atoms with van der Waals surface area (Å²) in [5.41, 5.74) is 0.830. The zero-order valence-electron chi connectivity index (χ0n) is 17.1. The van der Waals surface area contributed by atoms with E-state index in [9.17, 15) is 14.4 Å². The largest absolute Gasteiger partial charge is 0.467 e. The van der Waals surface area contributed by atoms with Gasteiger partial charge in [0, 0.05) is 6.42 Å². The summed E-state index contributed by atoms with van der Waals surface area (Å²) in [5, 5.41) is 13.8. The SMILES string of the molecule is COC(=O)[C@@H](CCCCC#N)NC(=O)[C@@H](NC(=O)OCc1ccccc1)C(C)C. The van der Waals surface area contributed by atoms with Crippen LogP contribution in [0.5, 0.6) is 0 Å². The number of carbonyl (C=O) groups excluding carboxylic acids is 3. The van der Waals surface area contributed by atoms with E-state index in [0.29, 0.717) is 25.7 Å². The first kappa shape index (κ1) is 24.0. The van der Waals surface area contributed by atoms with Gasteiger partial charge in [-0.1, -0.05) is 44.2 Å². The van der Waals surface area contributed by atoms with Gasteiger partial charge in [-0.2, -0.15) is 5.26 Å². The predicted molar refractivity (Wildman–Crippen MR) is 106 cm³/mol. The number of ether oxygens (including phenoxy) is 2. The van der Waals surface area contributed by atoms with Crippen LogP contribution >= 0.6 is 0 Å². The average molecular weight is 403 g/mol. The minimum atomic E-state index is -0.871. The zero-order valence-corrected chi connectivity index (χ0v) is 17.1. The molecule has 0 fully saturated rings. The zero-order chi connectivity index (χ0) is 21.6. The number of rotatable bonds is 11. The predicted octanol–water partition coefficient (Wildman–Crippen LogP) is 2.68. The van der Waals surface area contributed by atoms with Crippen LogP contribution in [-0.4, -0.2) is 37.2 Å². The molecule has 2 atom stereocenters. The van der Waals surface area contributed by atoms with Crippen LogP contribution in [0.3, 0.4) is 0 Å². The lowest BCUT2D eigenvalue weighted by molar-refractivity contribution is -0.145. The van der Waals surface area contributed by atoms with Crippen LogP contribution in [0.1, 0.15) is 45.1 Å². The van der Waals surface area contributed by atoms with Crippen molar-refractivity contribution in [1.82, 2.24) is 10.6 Å². The van der Waals surface area contributed by atoms with E-state index in [2.05, 4.69) is 10.6 Å². The van der Waals surface area contributed by atoms with E-state index in [-0.39, 0.29) is 12.5 Å². The number of carbonyl (C=O) groups is 3. The van der Waals surface area contributed by atoms with Gasteiger partial charge in [0.1, 0.15) is 18.7 Å². The van der Waals surface area contributed by atoms with E-state index in [1.807, 2.05) is 36.4 Å². The summed E-state index contributed by atoms with van der Waals surface area (Å²) in [4.78, 5) is 36.8. The molecule has 8 heteroatoms. The Morgan fingerprint density at radius 2 is 1.79 bits per heavy atom. The van der Waals surface area contributed by atoms with Crippen LogP contribution in [0.4, 0.5) is 4.79 Å². The van der Waals surface area contributed by atoms with Crippen molar-refractivity contribution in [2.24, 2.45) is 5.92 Å². The maximum atomic E-state index is 12.7. The van der Waals surface area contributed by atoms with Gasteiger partial charge in [0.25, 0.3) is 0 Å². The quantitative estimate of drug-likeness (QED) is 0.433. The number of alkyl carbamates (subject to hydrolysis) is 1. The van der Waals surface area contributed by atoms with Crippen LogP contribution in [0.15, 0.2) is 30.3 Å². The van der Waals surface area contributed by atoms with E-state index in [1.165, 1.54) is 7.11 Å². The van der Waals surface area contributed by atoms with Gasteiger partial charge in [-0.05, 0) is 30.7 Å². The monoisotopic (exact) mass is 403 g/mol. The lowest BCUT2D eigenvalue weighted by atomic mass is 10.0. The molecule has 1 aromatic carbocycles. The minimum absolute atomic E-state index is 0.0861. The fraction of sp³-hybridized carbons (Fsp3) is 0.524. The van der Waals surface area contributed by atoms with Crippen molar-refractivity contribution in [2.45, 2.75) is 58.2 Å². The second-order valence-electron chi connectivity index (χ2n) is 6.92. The molecule has 1 aromatic rings. The van der Waals surface area contributed by atoms with Crippen LogP contribution in [0.25, 0.3) is 0 Å². The highest BCUT2D eigenvalue weighted by molar-refractivity contribution is 5.89. The molecule has 158 valence electrons. The van der Waals surface area contributed by atoms with Gasteiger partial charge in [0.05, 0.1) is 13.2 Å². The normalized spacial score (nSPS) is 12.4. The number of hydrogen-bond acceptors (Lipinski definition) is 6. The van der Waals surface area contributed by atoms with Crippen LogP contribution < -0.4 is 10.6 Å². The van der Waals surface area contributed by atoms with Gasteiger partial charge in [-0.3, -0.25) is 4.79 Å². The molecule has 1 rings (SSSR count). The first-order valence-corrected chi connectivity index (χ1v) is 9.61. The van der Waals surface area contributed by atoms with Crippen molar-refractivity contribution in [3.63, 3.8) is 0 Å². The summed E-state index contributed by atoms with van der Waals surface area (Å²) in [6.07, 6.45) is 1.23. The Morgan fingerprint density at radius 1 is 1.10 bits per heavy atom. The molecule has 0 saturated carbocycles. The third kappa shape index (κ3) is 9.10. The molecule has 0 saturated heterocycles. The molecule has 0 unspecified atom stereocenters. The van der Waals surface area contributed by atoms with Gasteiger partial charge in [0.15, 0.2) is 0 Å². The Labute approximate surface area is 171 Å². The van der Waals surface area contributed by atoms with Gasteiger partial charge in [-0.25, -0.2) is 9.59 Å². The number of methoxy groups -OCH3 is 1. The van der Waals surface area contributed by atoms with Gasteiger partial charge < -0.3 is 20.1 Å². The molecule has 0 spiro atoms. The molecule has 0 aliphatic heterocycles. The summed E-state index contributed by atoms with van der Waals surface area (Å²) in [6, 6.07) is 9.52. The second kappa shape index (κ2) is 13.2. The smallest absolute Gasteiger partial charge is 0.408 e. The molecular weight excluding hydrogens is 374 g/mol. The molecular formula is C21H29N3O5. The number of esters is 1. The Kier molecular flexibility index (Phi) is 10.9. The number of unbranched alkanes of at least 4 members (excludes halogenated alkanes) is 2. The second-order valence-corrected chi connectivity index (χ2v) is 6.92. The molecule has 2 amide bonds. The third-order valence-electron chi connectivity index (χ3n) is 4.27. The lowest BCUT2D eigenvalue weighted by Crippen LogP contribution is -2.53. The molecule has 8 nitrogen and oxygen atoms in total. The van der Waals surface area contributed by atoms with Crippen molar-refractivity contribution < 1.29 is 23.9 Å². The van der Waals surface area contributed by atoms with Crippen molar-refractivity contribution in [3.05, 3.63) is 35.9 Å².